The number of rotatable bonds is 5. The van der Waals surface area contributed by atoms with E-state index in [2.05, 4.69) is 27.2 Å². The van der Waals surface area contributed by atoms with Gasteiger partial charge in [0.15, 0.2) is 11.5 Å². The minimum absolute atomic E-state index is 0.195. The largest absolute Gasteiger partial charge is 0.454 e. The Kier molecular flexibility index (Phi) is 5.16. The molecule has 6 heteroatoms. The van der Waals surface area contributed by atoms with Gasteiger partial charge in [-0.15, -0.1) is 0 Å². The topological polar surface area (TPSA) is 54.0 Å². The predicted molar refractivity (Wildman–Crippen MR) is 106 cm³/mol. The Bertz CT molecular complexity index is 713. The van der Waals surface area contributed by atoms with Crippen molar-refractivity contribution in [2.75, 3.05) is 33.0 Å². The maximum Gasteiger partial charge on any atom is 0.231 e. The normalized spacial score (nSPS) is 26.4. The first kappa shape index (κ1) is 18.3. The van der Waals surface area contributed by atoms with Crippen LogP contribution in [-0.4, -0.2) is 60.8 Å². The van der Waals surface area contributed by atoms with Gasteiger partial charge in [-0.25, -0.2) is 0 Å². The number of carbonyl (C=O) groups excluding carboxylic acids is 1. The molecule has 1 atom stereocenters. The van der Waals surface area contributed by atoms with Crippen LogP contribution in [0.4, 0.5) is 0 Å². The maximum atomic E-state index is 12.4. The Morgan fingerprint density at radius 2 is 1.86 bits per heavy atom. The fourth-order valence-electron chi connectivity index (χ4n) is 4.84. The Morgan fingerprint density at radius 1 is 1.04 bits per heavy atom. The second-order valence-corrected chi connectivity index (χ2v) is 8.81. The number of likely N-dealkylation sites (tertiary alicyclic amines) is 2. The van der Waals surface area contributed by atoms with Crippen molar-refractivity contribution in [2.45, 2.75) is 57.2 Å². The summed E-state index contributed by atoms with van der Waals surface area (Å²) in [6.45, 7) is 5.64. The molecule has 5 rings (SSSR count). The highest BCUT2D eigenvalue weighted by Gasteiger charge is 2.33. The third kappa shape index (κ3) is 4.13. The molecule has 152 valence electrons. The minimum atomic E-state index is 0.195. The fourth-order valence-corrected chi connectivity index (χ4v) is 4.84. The summed E-state index contributed by atoms with van der Waals surface area (Å²) in [7, 11) is 0. The molecule has 2 saturated heterocycles. The Hall–Kier alpha value is -1.79. The van der Waals surface area contributed by atoms with Gasteiger partial charge in [0.25, 0.3) is 0 Å². The molecule has 3 aliphatic heterocycles. The lowest BCUT2D eigenvalue weighted by atomic mass is 9.93. The number of nitrogens with one attached hydrogen (secondary N) is 1. The number of benzene rings is 1. The molecule has 4 aliphatic rings. The average Bonchev–Trinajstić information content (AvgIpc) is 3.42. The summed E-state index contributed by atoms with van der Waals surface area (Å²) >= 11 is 0. The monoisotopic (exact) mass is 385 g/mol. The number of carbonyl (C=O) groups is 1. The van der Waals surface area contributed by atoms with E-state index in [0.717, 1.165) is 57.1 Å². The van der Waals surface area contributed by atoms with Crippen molar-refractivity contribution in [3.63, 3.8) is 0 Å². The molecule has 1 aromatic rings. The summed E-state index contributed by atoms with van der Waals surface area (Å²) in [5.74, 6) is 2.22. The number of amides is 1. The minimum Gasteiger partial charge on any atom is -0.454 e. The standard InChI is InChI=1S/C22H31N3O3/c26-22(23-18-4-5-18)17-2-1-9-25(14-17)19-7-10-24(11-8-19)13-16-3-6-20-21(12-16)28-15-27-20/h3,6,12,17-19H,1-2,4-5,7-11,13-15H2,(H,23,26)/t17-/m0/s1. The molecule has 1 N–H and O–H groups in total. The lowest BCUT2D eigenvalue weighted by molar-refractivity contribution is -0.127. The van der Waals surface area contributed by atoms with E-state index in [4.69, 9.17) is 9.47 Å². The third-order valence-corrected chi connectivity index (χ3v) is 6.66. The summed E-state index contributed by atoms with van der Waals surface area (Å²) < 4.78 is 10.9. The highest BCUT2D eigenvalue weighted by Crippen LogP contribution is 2.33. The van der Waals surface area contributed by atoms with Crippen molar-refractivity contribution in [2.24, 2.45) is 5.92 Å². The number of hydrogen-bond acceptors (Lipinski definition) is 5. The Labute approximate surface area is 167 Å². The van der Waals surface area contributed by atoms with E-state index in [1.54, 1.807) is 0 Å². The summed E-state index contributed by atoms with van der Waals surface area (Å²) in [5.41, 5.74) is 1.29. The quantitative estimate of drug-likeness (QED) is 0.843. The van der Waals surface area contributed by atoms with Gasteiger partial charge in [-0.3, -0.25) is 14.6 Å². The molecule has 28 heavy (non-hydrogen) atoms. The van der Waals surface area contributed by atoms with Crippen LogP contribution in [0.5, 0.6) is 11.5 Å². The maximum absolute atomic E-state index is 12.4. The van der Waals surface area contributed by atoms with Gasteiger partial charge in [0.1, 0.15) is 0 Å². The predicted octanol–water partition coefficient (Wildman–Crippen LogP) is 2.37. The van der Waals surface area contributed by atoms with Gasteiger partial charge >= 0.3 is 0 Å². The summed E-state index contributed by atoms with van der Waals surface area (Å²) in [6, 6.07) is 7.38. The van der Waals surface area contributed by atoms with Crippen molar-refractivity contribution in [3.8, 4) is 11.5 Å². The molecule has 1 aromatic carbocycles. The lowest BCUT2D eigenvalue weighted by Gasteiger charge is -2.42. The van der Waals surface area contributed by atoms with Gasteiger partial charge < -0.3 is 14.8 Å². The van der Waals surface area contributed by atoms with Crippen molar-refractivity contribution < 1.29 is 14.3 Å². The van der Waals surface area contributed by atoms with Crippen LogP contribution in [0.25, 0.3) is 0 Å². The first-order valence-corrected chi connectivity index (χ1v) is 10.9. The van der Waals surface area contributed by atoms with E-state index in [9.17, 15) is 4.79 Å². The molecule has 1 saturated carbocycles. The summed E-state index contributed by atoms with van der Waals surface area (Å²) in [5, 5.41) is 3.21. The second kappa shape index (κ2) is 7.91. The second-order valence-electron chi connectivity index (χ2n) is 8.81. The molecule has 3 heterocycles. The molecule has 0 spiro atoms. The first-order chi connectivity index (χ1) is 13.7. The molecule has 1 aliphatic carbocycles. The number of piperidine rings is 2. The average molecular weight is 386 g/mol. The van der Waals surface area contributed by atoms with Gasteiger partial charge in [-0.1, -0.05) is 6.07 Å². The first-order valence-electron chi connectivity index (χ1n) is 10.9. The van der Waals surface area contributed by atoms with Crippen molar-refractivity contribution in [1.82, 2.24) is 15.1 Å². The SMILES string of the molecule is O=C(NC1CC1)[C@H]1CCCN(C2CCN(Cc3ccc4c(c3)OCO4)CC2)C1. The Balaban J connectivity index is 1.11. The zero-order valence-electron chi connectivity index (χ0n) is 16.6. The van der Waals surface area contributed by atoms with E-state index in [1.807, 2.05) is 6.07 Å². The molecular weight excluding hydrogens is 354 g/mol. The molecule has 0 unspecified atom stereocenters. The molecule has 0 bridgehead atoms. The van der Waals surface area contributed by atoms with Gasteiger partial charge in [-0.2, -0.15) is 0 Å². The molecular formula is C22H31N3O3. The van der Waals surface area contributed by atoms with Crippen LogP contribution in [0.1, 0.15) is 44.1 Å². The number of nitrogens with zero attached hydrogens (tertiary/aromatic N) is 2. The molecule has 6 nitrogen and oxygen atoms in total. The molecule has 3 fully saturated rings. The van der Waals surface area contributed by atoms with Crippen LogP contribution in [0.15, 0.2) is 18.2 Å². The summed E-state index contributed by atoms with van der Waals surface area (Å²) in [4.78, 5) is 17.6. The highest BCUT2D eigenvalue weighted by atomic mass is 16.7. The fraction of sp³-hybridized carbons (Fsp3) is 0.682. The van der Waals surface area contributed by atoms with Crippen LogP contribution in [0.3, 0.4) is 0 Å². The van der Waals surface area contributed by atoms with Gasteiger partial charge in [-0.05, 0) is 75.9 Å². The van der Waals surface area contributed by atoms with Crippen LogP contribution < -0.4 is 14.8 Å². The van der Waals surface area contributed by atoms with Crippen molar-refractivity contribution >= 4 is 5.91 Å². The summed E-state index contributed by atoms with van der Waals surface area (Å²) in [6.07, 6.45) is 6.94. The van der Waals surface area contributed by atoms with E-state index >= 15 is 0 Å². The molecule has 0 aromatic heterocycles. The smallest absolute Gasteiger partial charge is 0.231 e. The van der Waals surface area contributed by atoms with Crippen LogP contribution in [-0.2, 0) is 11.3 Å². The van der Waals surface area contributed by atoms with Crippen molar-refractivity contribution in [3.05, 3.63) is 23.8 Å². The highest BCUT2D eigenvalue weighted by molar-refractivity contribution is 5.79. The van der Waals surface area contributed by atoms with E-state index in [-0.39, 0.29) is 5.92 Å². The van der Waals surface area contributed by atoms with Gasteiger partial charge in [0, 0.05) is 25.2 Å². The van der Waals surface area contributed by atoms with E-state index < -0.39 is 0 Å². The lowest BCUT2D eigenvalue weighted by Crippen LogP contribution is -2.50. The number of hydrogen-bond donors (Lipinski definition) is 1. The molecule has 0 radical (unpaired) electrons. The third-order valence-electron chi connectivity index (χ3n) is 6.66. The van der Waals surface area contributed by atoms with E-state index in [0.29, 0.717) is 24.8 Å². The Morgan fingerprint density at radius 3 is 2.68 bits per heavy atom. The van der Waals surface area contributed by atoms with Crippen LogP contribution >= 0.6 is 0 Å². The van der Waals surface area contributed by atoms with Crippen LogP contribution in [0.2, 0.25) is 0 Å². The number of ether oxygens (including phenoxy) is 2. The number of fused-ring (bicyclic) bond motifs is 1. The van der Waals surface area contributed by atoms with Crippen molar-refractivity contribution in [1.29, 1.82) is 0 Å². The van der Waals surface area contributed by atoms with Crippen LogP contribution in [0, 0.1) is 5.92 Å². The zero-order chi connectivity index (χ0) is 18.9. The van der Waals surface area contributed by atoms with Gasteiger partial charge in [0.05, 0.1) is 5.92 Å². The zero-order valence-corrected chi connectivity index (χ0v) is 16.6. The molecule has 1 amide bonds. The van der Waals surface area contributed by atoms with E-state index in [1.165, 1.54) is 31.2 Å². The van der Waals surface area contributed by atoms with Gasteiger partial charge in [0.2, 0.25) is 12.7 Å².